The molecule has 1 heterocycles. The van der Waals surface area contributed by atoms with Gasteiger partial charge in [-0.25, -0.2) is 18.4 Å². The lowest BCUT2D eigenvalue weighted by Crippen LogP contribution is -2.26. The Morgan fingerprint density at radius 1 is 1.13 bits per heavy atom. The summed E-state index contributed by atoms with van der Waals surface area (Å²) in [7, 11) is -2.24. The highest BCUT2D eigenvalue weighted by Gasteiger charge is 2.21. The van der Waals surface area contributed by atoms with Crippen LogP contribution in [0.25, 0.3) is 0 Å². The van der Waals surface area contributed by atoms with Crippen LogP contribution in [0.5, 0.6) is 0 Å². The summed E-state index contributed by atoms with van der Waals surface area (Å²) in [6.07, 6.45) is 2.35. The van der Waals surface area contributed by atoms with Crippen LogP contribution in [0.1, 0.15) is 23.8 Å². The van der Waals surface area contributed by atoms with Crippen molar-refractivity contribution in [1.82, 2.24) is 9.97 Å². The number of hydrogen-bond acceptors (Lipinski definition) is 6. The van der Waals surface area contributed by atoms with Gasteiger partial charge in [0.25, 0.3) is 15.9 Å². The molecule has 0 spiro atoms. The molecule has 0 unspecified atom stereocenters. The van der Waals surface area contributed by atoms with Crippen molar-refractivity contribution in [3.8, 4) is 0 Å². The third kappa shape index (κ3) is 5.55. The van der Waals surface area contributed by atoms with Crippen molar-refractivity contribution in [2.45, 2.75) is 23.4 Å². The van der Waals surface area contributed by atoms with E-state index in [4.69, 9.17) is 11.6 Å². The van der Waals surface area contributed by atoms with Gasteiger partial charge in [-0.05, 0) is 42.8 Å². The van der Waals surface area contributed by atoms with Gasteiger partial charge in [0, 0.05) is 18.5 Å². The summed E-state index contributed by atoms with van der Waals surface area (Å²) in [5, 5.41) is 3.31. The maximum absolute atomic E-state index is 12.9. The zero-order chi connectivity index (χ0) is 22.4. The fraction of sp³-hybridized carbons (Fsp3) is 0.190. The topological polar surface area (TPSA) is 92.3 Å². The van der Waals surface area contributed by atoms with Crippen molar-refractivity contribution in [3.63, 3.8) is 0 Å². The Morgan fingerprint density at radius 2 is 1.81 bits per heavy atom. The molecule has 7 nitrogen and oxygen atoms in total. The van der Waals surface area contributed by atoms with Crippen molar-refractivity contribution >= 4 is 50.7 Å². The summed E-state index contributed by atoms with van der Waals surface area (Å²) < 4.78 is 26.9. The van der Waals surface area contributed by atoms with Gasteiger partial charge in [0.1, 0.15) is 0 Å². The van der Waals surface area contributed by atoms with E-state index in [0.29, 0.717) is 16.5 Å². The van der Waals surface area contributed by atoms with Crippen molar-refractivity contribution in [2.24, 2.45) is 0 Å². The lowest BCUT2D eigenvalue weighted by Gasteiger charge is -2.19. The Bertz CT molecular complexity index is 1160. The van der Waals surface area contributed by atoms with Gasteiger partial charge in [0.2, 0.25) is 0 Å². The first kappa shape index (κ1) is 23.1. The van der Waals surface area contributed by atoms with E-state index in [1.807, 2.05) is 13.0 Å². The second-order valence-corrected chi connectivity index (χ2v) is 9.92. The molecule has 0 aliphatic heterocycles. The van der Waals surface area contributed by atoms with Gasteiger partial charge in [0.15, 0.2) is 10.9 Å². The number of amides is 1. The van der Waals surface area contributed by atoms with E-state index in [1.165, 1.54) is 53.6 Å². The minimum atomic E-state index is -3.73. The number of thioether (sulfide) groups is 1. The monoisotopic (exact) mass is 476 g/mol. The fourth-order valence-electron chi connectivity index (χ4n) is 2.61. The Labute approximate surface area is 190 Å². The summed E-state index contributed by atoms with van der Waals surface area (Å²) in [4.78, 5) is 21.1. The van der Waals surface area contributed by atoms with Gasteiger partial charge in [-0.15, -0.1) is 0 Å². The summed E-state index contributed by atoms with van der Waals surface area (Å²) in [6, 6.07) is 14.7. The molecule has 0 aliphatic carbocycles. The van der Waals surface area contributed by atoms with Crippen LogP contribution in [0, 0.1) is 0 Å². The first-order chi connectivity index (χ1) is 14.8. The fourth-order valence-corrected chi connectivity index (χ4v) is 4.65. The van der Waals surface area contributed by atoms with E-state index >= 15 is 0 Å². The van der Waals surface area contributed by atoms with E-state index in [-0.39, 0.29) is 15.6 Å². The Morgan fingerprint density at radius 3 is 2.45 bits per heavy atom. The van der Waals surface area contributed by atoms with Crippen molar-refractivity contribution < 1.29 is 13.2 Å². The summed E-state index contributed by atoms with van der Waals surface area (Å²) in [5.41, 5.74) is 1.04. The van der Waals surface area contributed by atoms with Crippen LogP contribution in [-0.2, 0) is 10.0 Å². The molecule has 162 valence electrons. The van der Waals surface area contributed by atoms with Gasteiger partial charge >= 0.3 is 0 Å². The van der Waals surface area contributed by atoms with Crippen molar-refractivity contribution in [3.05, 3.63) is 71.5 Å². The highest BCUT2D eigenvalue weighted by Crippen LogP contribution is 2.24. The molecule has 2 aromatic carbocycles. The number of para-hydroxylation sites is 1. The molecule has 1 aromatic heterocycles. The van der Waals surface area contributed by atoms with E-state index < -0.39 is 15.9 Å². The van der Waals surface area contributed by atoms with Crippen LogP contribution in [0.2, 0.25) is 5.02 Å². The lowest BCUT2D eigenvalue weighted by molar-refractivity contribution is 0.102. The molecule has 10 heteroatoms. The van der Waals surface area contributed by atoms with Crippen LogP contribution in [-0.4, -0.2) is 37.1 Å². The molecular formula is C21H21ClN4O3S2. The predicted octanol–water partition coefficient (Wildman–Crippen LogP) is 4.71. The zero-order valence-electron chi connectivity index (χ0n) is 16.9. The molecule has 3 aromatic rings. The number of aromatic nitrogens is 2. The van der Waals surface area contributed by atoms with Crippen LogP contribution in [0.3, 0.4) is 0 Å². The van der Waals surface area contributed by atoms with Gasteiger partial charge in [0.05, 0.1) is 21.8 Å². The summed E-state index contributed by atoms with van der Waals surface area (Å²) in [5.74, 6) is 0.332. The third-order valence-corrected chi connectivity index (χ3v) is 7.41. The van der Waals surface area contributed by atoms with Gasteiger partial charge < -0.3 is 5.32 Å². The number of halogens is 1. The molecule has 0 fully saturated rings. The van der Waals surface area contributed by atoms with Crippen LogP contribution < -0.4 is 9.62 Å². The third-order valence-electron chi connectivity index (χ3n) is 4.26. The predicted molar refractivity (Wildman–Crippen MR) is 124 cm³/mol. The van der Waals surface area contributed by atoms with E-state index in [9.17, 15) is 13.2 Å². The smallest absolute Gasteiger partial charge is 0.275 e. The first-order valence-electron chi connectivity index (χ1n) is 9.43. The minimum absolute atomic E-state index is 0.0655. The molecular weight excluding hydrogens is 456 g/mol. The second kappa shape index (κ2) is 10.1. The minimum Gasteiger partial charge on any atom is -0.321 e. The van der Waals surface area contributed by atoms with Crippen molar-refractivity contribution in [2.75, 3.05) is 22.4 Å². The molecule has 0 bridgehead atoms. The maximum Gasteiger partial charge on any atom is 0.275 e. The van der Waals surface area contributed by atoms with Gasteiger partial charge in [-0.2, -0.15) is 0 Å². The normalized spacial score (nSPS) is 11.2. The molecule has 3 rings (SSSR count). The molecule has 1 amide bonds. The molecule has 0 saturated heterocycles. The van der Waals surface area contributed by atoms with Gasteiger partial charge in [-0.1, -0.05) is 48.5 Å². The first-order valence-corrected chi connectivity index (χ1v) is 12.2. The largest absolute Gasteiger partial charge is 0.321 e. The summed E-state index contributed by atoms with van der Waals surface area (Å²) >= 11 is 7.53. The number of hydrogen-bond donors (Lipinski definition) is 1. The number of nitrogens with one attached hydrogen (secondary N) is 1. The number of carbonyl (C=O) groups is 1. The Kier molecular flexibility index (Phi) is 7.53. The maximum atomic E-state index is 12.9. The quantitative estimate of drug-likeness (QED) is 0.374. The molecule has 0 radical (unpaired) electrons. The Hall–Kier alpha value is -2.62. The molecule has 0 atom stereocenters. The SMILES string of the molecule is CCCSc1ncc(Cl)c(C(=O)Nc2ccc(S(=O)(=O)N(C)c3ccccc3)cc2)n1. The van der Waals surface area contributed by atoms with Crippen LogP contribution in [0.4, 0.5) is 11.4 Å². The average Bonchev–Trinajstić information content (AvgIpc) is 2.78. The number of nitrogens with zero attached hydrogens (tertiary/aromatic N) is 3. The Balaban J connectivity index is 1.76. The van der Waals surface area contributed by atoms with Gasteiger partial charge in [-0.3, -0.25) is 9.10 Å². The molecule has 1 N–H and O–H groups in total. The number of sulfonamides is 1. The molecule has 31 heavy (non-hydrogen) atoms. The number of carbonyl (C=O) groups excluding carboxylic acids is 1. The number of rotatable bonds is 8. The second-order valence-electron chi connectivity index (χ2n) is 6.48. The molecule has 0 saturated carbocycles. The molecule has 0 aliphatic rings. The lowest BCUT2D eigenvalue weighted by atomic mass is 10.3. The average molecular weight is 477 g/mol. The highest BCUT2D eigenvalue weighted by atomic mass is 35.5. The summed E-state index contributed by atoms with van der Waals surface area (Å²) in [6.45, 7) is 2.04. The highest BCUT2D eigenvalue weighted by molar-refractivity contribution is 7.99. The van der Waals surface area contributed by atoms with Crippen LogP contribution >= 0.6 is 23.4 Å². The van der Waals surface area contributed by atoms with Crippen molar-refractivity contribution in [1.29, 1.82) is 0 Å². The van der Waals surface area contributed by atoms with Crippen LogP contribution in [0.15, 0.2) is 70.8 Å². The zero-order valence-corrected chi connectivity index (χ0v) is 19.3. The van der Waals surface area contributed by atoms with E-state index in [1.54, 1.807) is 24.3 Å². The number of benzene rings is 2. The number of anilines is 2. The standard InChI is InChI=1S/C21H21ClN4O3S2/c1-3-13-30-21-23-14-18(22)19(25-21)20(27)24-15-9-11-17(12-10-15)31(28,29)26(2)16-7-5-4-6-8-16/h4-12,14H,3,13H2,1-2H3,(H,24,27). The van der Waals surface area contributed by atoms with E-state index in [2.05, 4.69) is 15.3 Å². The van der Waals surface area contributed by atoms with E-state index in [0.717, 1.165) is 12.2 Å².